The van der Waals surface area contributed by atoms with Gasteiger partial charge in [0.05, 0.1) is 0 Å². The molecule has 0 aromatic heterocycles. The number of anilines is 1. The second-order valence-corrected chi connectivity index (χ2v) is 3.07. The Kier molecular flexibility index (Phi) is 1.59. The van der Waals surface area contributed by atoms with E-state index in [1.54, 1.807) is 16.9 Å². The summed E-state index contributed by atoms with van der Waals surface area (Å²) in [5.41, 5.74) is 6.27. The first-order valence-electron chi connectivity index (χ1n) is 2.40. The van der Waals surface area contributed by atoms with Crippen molar-refractivity contribution in [2.45, 2.75) is 0 Å². The Morgan fingerprint density at radius 3 is 2.00 bits per heavy atom. The molecule has 0 aliphatic rings. The van der Waals surface area contributed by atoms with Crippen LogP contribution < -0.4 is 10.1 Å². The van der Waals surface area contributed by atoms with Crippen LogP contribution in [-0.4, -0.2) is 16.9 Å². The first kappa shape index (κ1) is 5.71. The summed E-state index contributed by atoms with van der Waals surface area (Å²) in [5, 5.41) is 0. The molecule has 1 atom stereocenters. The van der Waals surface area contributed by atoms with Gasteiger partial charge in [-0.3, -0.25) is 0 Å². The number of hydrogen-bond acceptors (Lipinski definition) is 1. The maximum atomic E-state index is 5.43. The second-order valence-electron chi connectivity index (χ2n) is 1.67. The molecular formula is C6H8AsN. The Labute approximate surface area is 57.4 Å². The van der Waals surface area contributed by atoms with Gasteiger partial charge >= 0.3 is 56.9 Å². The van der Waals surface area contributed by atoms with Crippen molar-refractivity contribution in [2.75, 3.05) is 5.73 Å². The standard InChI is InChI=1S/C6H8AsN/c7-5-1-3-6(8)4-2-5/h1-4H,7-8H2. The van der Waals surface area contributed by atoms with E-state index in [1.807, 2.05) is 24.3 Å². The summed E-state index contributed by atoms with van der Waals surface area (Å²) in [7, 11) is 0. The molecule has 0 aliphatic heterocycles. The normalized spacial score (nSPS) is 9.12. The van der Waals surface area contributed by atoms with E-state index in [4.69, 9.17) is 5.73 Å². The fourth-order valence-electron chi connectivity index (χ4n) is 0.496. The monoisotopic (exact) mass is 169 g/mol. The molecule has 8 heavy (non-hydrogen) atoms. The van der Waals surface area contributed by atoms with Crippen LogP contribution in [0.5, 0.6) is 0 Å². The molecule has 2 N–H and O–H groups in total. The van der Waals surface area contributed by atoms with Gasteiger partial charge in [0.2, 0.25) is 0 Å². The molecule has 2 heteroatoms. The van der Waals surface area contributed by atoms with Crippen molar-refractivity contribution in [1.29, 1.82) is 0 Å². The van der Waals surface area contributed by atoms with Crippen molar-refractivity contribution < 1.29 is 0 Å². The van der Waals surface area contributed by atoms with E-state index in [-0.39, 0.29) is 0 Å². The van der Waals surface area contributed by atoms with Crippen molar-refractivity contribution in [2.24, 2.45) is 0 Å². The summed E-state index contributed by atoms with van der Waals surface area (Å²) >= 11 is 1.62. The predicted octanol–water partition coefficient (Wildman–Crippen LogP) is -0.473. The van der Waals surface area contributed by atoms with Crippen LogP contribution in [0, 0.1) is 0 Å². The minimum atomic E-state index is 0.839. The molecule has 1 aromatic rings. The van der Waals surface area contributed by atoms with Gasteiger partial charge in [-0.25, -0.2) is 0 Å². The van der Waals surface area contributed by atoms with E-state index in [0.29, 0.717) is 0 Å². The third kappa shape index (κ3) is 1.27. The molecule has 0 radical (unpaired) electrons. The van der Waals surface area contributed by atoms with Crippen LogP contribution in [0.25, 0.3) is 0 Å². The molecule has 42 valence electrons. The van der Waals surface area contributed by atoms with Gasteiger partial charge in [-0.1, -0.05) is 0 Å². The summed E-state index contributed by atoms with van der Waals surface area (Å²) in [6.45, 7) is 0. The van der Waals surface area contributed by atoms with Gasteiger partial charge in [-0.05, 0) is 0 Å². The van der Waals surface area contributed by atoms with Gasteiger partial charge in [0, 0.05) is 0 Å². The average Bonchev–Trinajstić information content (AvgIpc) is 1.77. The summed E-state index contributed by atoms with van der Waals surface area (Å²) in [6.07, 6.45) is 0. The van der Waals surface area contributed by atoms with E-state index < -0.39 is 0 Å². The molecule has 1 unspecified atom stereocenters. The first-order chi connectivity index (χ1) is 3.79. The van der Waals surface area contributed by atoms with Crippen LogP contribution >= 0.6 is 0 Å². The van der Waals surface area contributed by atoms with E-state index in [9.17, 15) is 0 Å². The van der Waals surface area contributed by atoms with Crippen molar-refractivity contribution >= 4 is 26.9 Å². The molecule has 0 saturated carbocycles. The van der Waals surface area contributed by atoms with Crippen LogP contribution in [0.15, 0.2) is 24.3 Å². The van der Waals surface area contributed by atoms with E-state index in [1.165, 1.54) is 4.35 Å². The molecule has 0 spiro atoms. The average molecular weight is 169 g/mol. The SMILES string of the molecule is Nc1ccc([AsH2])cc1. The Bertz CT molecular complexity index is 147. The zero-order chi connectivity index (χ0) is 5.98. The third-order valence-corrected chi connectivity index (χ3v) is 1.74. The molecule has 1 nitrogen and oxygen atoms in total. The van der Waals surface area contributed by atoms with Crippen molar-refractivity contribution in [3.63, 3.8) is 0 Å². The van der Waals surface area contributed by atoms with Crippen molar-refractivity contribution in [1.82, 2.24) is 0 Å². The number of hydrogen-bond donors (Lipinski definition) is 1. The quantitative estimate of drug-likeness (QED) is 0.412. The van der Waals surface area contributed by atoms with Crippen molar-refractivity contribution in [3.8, 4) is 0 Å². The van der Waals surface area contributed by atoms with E-state index >= 15 is 0 Å². The van der Waals surface area contributed by atoms with Gasteiger partial charge in [0.25, 0.3) is 0 Å². The predicted molar refractivity (Wildman–Crippen MR) is 39.0 cm³/mol. The van der Waals surface area contributed by atoms with Crippen LogP contribution in [0.1, 0.15) is 0 Å². The fourth-order valence-corrected chi connectivity index (χ4v) is 0.900. The molecule has 1 rings (SSSR count). The first-order valence-corrected chi connectivity index (χ1v) is 3.61. The minimum absolute atomic E-state index is 0.839. The molecule has 0 fully saturated rings. The zero-order valence-corrected chi connectivity index (χ0v) is 6.89. The van der Waals surface area contributed by atoms with Crippen LogP contribution in [0.4, 0.5) is 5.69 Å². The number of rotatable bonds is 0. The molecule has 0 bridgehead atoms. The van der Waals surface area contributed by atoms with Gasteiger partial charge in [0.15, 0.2) is 0 Å². The Morgan fingerprint density at radius 1 is 1.12 bits per heavy atom. The molecule has 0 saturated heterocycles. The number of benzene rings is 1. The summed E-state index contributed by atoms with van der Waals surface area (Å²) in [5.74, 6) is 0. The van der Waals surface area contributed by atoms with Gasteiger partial charge in [0.1, 0.15) is 0 Å². The number of nitrogens with two attached hydrogens (primary N) is 1. The summed E-state index contributed by atoms with van der Waals surface area (Å²) in [6, 6.07) is 7.87. The Balaban J connectivity index is 3.03. The van der Waals surface area contributed by atoms with Crippen LogP contribution in [-0.2, 0) is 0 Å². The summed E-state index contributed by atoms with van der Waals surface area (Å²) < 4.78 is 1.31. The van der Waals surface area contributed by atoms with E-state index in [0.717, 1.165) is 5.69 Å². The zero-order valence-electron chi connectivity index (χ0n) is 4.46. The molecule has 1 aromatic carbocycles. The fraction of sp³-hybridized carbons (Fsp3) is 0. The van der Waals surface area contributed by atoms with Gasteiger partial charge in [-0.2, -0.15) is 0 Å². The molecule has 0 amide bonds. The number of nitrogen functional groups attached to an aromatic ring is 1. The summed E-state index contributed by atoms with van der Waals surface area (Å²) in [4.78, 5) is 0. The third-order valence-electron chi connectivity index (χ3n) is 0.936. The van der Waals surface area contributed by atoms with E-state index in [2.05, 4.69) is 0 Å². The Morgan fingerprint density at radius 2 is 1.62 bits per heavy atom. The van der Waals surface area contributed by atoms with Gasteiger partial charge in [-0.15, -0.1) is 0 Å². The topological polar surface area (TPSA) is 26.0 Å². The maximum absolute atomic E-state index is 5.43. The molecule has 0 heterocycles. The molecule has 0 aliphatic carbocycles. The van der Waals surface area contributed by atoms with Gasteiger partial charge < -0.3 is 0 Å². The second kappa shape index (κ2) is 2.23. The van der Waals surface area contributed by atoms with Crippen LogP contribution in [0.3, 0.4) is 0 Å². The Hall–Kier alpha value is -0.422. The molecular weight excluding hydrogens is 161 g/mol. The van der Waals surface area contributed by atoms with Crippen molar-refractivity contribution in [3.05, 3.63) is 24.3 Å². The van der Waals surface area contributed by atoms with Crippen LogP contribution in [0.2, 0.25) is 0 Å².